The number of carbonyl (C=O) groups excluding carboxylic acids is 1. The number of carbonyl (C=O) groups is 1. The molecule has 23 heavy (non-hydrogen) atoms. The summed E-state index contributed by atoms with van der Waals surface area (Å²) in [7, 11) is 1.58. The van der Waals surface area contributed by atoms with Gasteiger partial charge in [0, 0.05) is 17.5 Å². The number of anilines is 1. The Morgan fingerprint density at radius 3 is 3.00 bits per heavy atom. The fraction of sp³-hybridized carbons (Fsp3) is 0.333. The first-order valence-electron chi connectivity index (χ1n) is 6.98. The number of hydrogen-bond acceptors (Lipinski definition) is 5. The van der Waals surface area contributed by atoms with Crippen LogP contribution in [0.1, 0.15) is 6.42 Å². The Kier molecular flexibility index (Phi) is 6.24. The van der Waals surface area contributed by atoms with Crippen molar-refractivity contribution in [1.29, 1.82) is 0 Å². The minimum absolute atomic E-state index is 0. The number of amides is 1. The highest BCUT2D eigenvalue weighted by Crippen LogP contribution is 2.31. The molecular weight excluding hydrogens is 357 g/mol. The number of thiazole rings is 1. The van der Waals surface area contributed by atoms with E-state index < -0.39 is 0 Å². The van der Waals surface area contributed by atoms with Gasteiger partial charge in [0.25, 0.3) is 0 Å². The van der Waals surface area contributed by atoms with Crippen molar-refractivity contribution in [3.63, 3.8) is 0 Å². The van der Waals surface area contributed by atoms with E-state index in [2.05, 4.69) is 15.6 Å². The fourth-order valence-corrected chi connectivity index (χ4v) is 3.36. The third kappa shape index (κ3) is 4.14. The molecule has 2 heterocycles. The third-order valence-corrected chi connectivity index (χ3v) is 4.67. The van der Waals surface area contributed by atoms with Crippen molar-refractivity contribution in [2.24, 2.45) is 5.92 Å². The van der Waals surface area contributed by atoms with E-state index in [1.54, 1.807) is 13.2 Å². The summed E-state index contributed by atoms with van der Waals surface area (Å²) in [5.41, 5.74) is 1.68. The van der Waals surface area contributed by atoms with Crippen LogP contribution in [-0.2, 0) is 4.79 Å². The summed E-state index contributed by atoms with van der Waals surface area (Å²) in [6.07, 6.45) is 0.873. The number of ether oxygens (including phenoxy) is 1. The predicted octanol–water partition coefficient (Wildman–Crippen LogP) is 3.44. The quantitative estimate of drug-likeness (QED) is 0.861. The summed E-state index contributed by atoms with van der Waals surface area (Å²) in [4.78, 5) is 16.5. The van der Waals surface area contributed by atoms with Gasteiger partial charge in [0.15, 0.2) is 5.13 Å². The molecule has 1 aromatic heterocycles. The Morgan fingerprint density at radius 2 is 2.35 bits per heavy atom. The first-order chi connectivity index (χ1) is 10.7. The van der Waals surface area contributed by atoms with Gasteiger partial charge in [-0.25, -0.2) is 4.98 Å². The molecule has 1 amide bonds. The molecule has 0 saturated carbocycles. The molecule has 0 aliphatic carbocycles. The van der Waals surface area contributed by atoms with E-state index in [9.17, 15) is 4.79 Å². The molecule has 1 unspecified atom stereocenters. The smallest absolute Gasteiger partial charge is 0.230 e. The minimum atomic E-state index is 0. The first-order valence-corrected chi connectivity index (χ1v) is 8.24. The predicted molar refractivity (Wildman–Crippen MR) is 96.0 cm³/mol. The number of halogens is 2. The maximum absolute atomic E-state index is 12.1. The van der Waals surface area contributed by atoms with Crippen LogP contribution in [0.5, 0.6) is 5.75 Å². The Hall–Kier alpha value is -1.34. The zero-order valence-corrected chi connectivity index (χ0v) is 14.9. The van der Waals surface area contributed by atoms with Crippen molar-refractivity contribution in [3.8, 4) is 17.0 Å². The van der Waals surface area contributed by atoms with Crippen LogP contribution in [0.4, 0.5) is 5.13 Å². The highest BCUT2D eigenvalue weighted by Gasteiger charge is 2.23. The van der Waals surface area contributed by atoms with Crippen LogP contribution < -0.4 is 15.4 Å². The zero-order chi connectivity index (χ0) is 15.5. The summed E-state index contributed by atoms with van der Waals surface area (Å²) in [5.74, 6) is 0.685. The lowest BCUT2D eigenvalue weighted by Gasteiger charge is -2.07. The normalized spacial score (nSPS) is 16.7. The van der Waals surface area contributed by atoms with Gasteiger partial charge >= 0.3 is 0 Å². The third-order valence-electron chi connectivity index (χ3n) is 3.61. The molecule has 124 valence electrons. The topological polar surface area (TPSA) is 63.2 Å². The Bertz CT molecular complexity index is 687. The van der Waals surface area contributed by atoms with Gasteiger partial charge < -0.3 is 15.4 Å². The Labute approximate surface area is 149 Å². The number of hydrogen-bond donors (Lipinski definition) is 2. The number of rotatable bonds is 4. The van der Waals surface area contributed by atoms with Gasteiger partial charge in [-0.3, -0.25) is 4.79 Å². The van der Waals surface area contributed by atoms with E-state index in [-0.39, 0.29) is 24.2 Å². The van der Waals surface area contributed by atoms with Crippen molar-refractivity contribution in [3.05, 3.63) is 28.6 Å². The van der Waals surface area contributed by atoms with E-state index in [1.165, 1.54) is 11.3 Å². The van der Waals surface area contributed by atoms with Crippen LogP contribution in [0.25, 0.3) is 11.3 Å². The van der Waals surface area contributed by atoms with E-state index in [0.717, 1.165) is 30.8 Å². The summed E-state index contributed by atoms with van der Waals surface area (Å²) >= 11 is 7.54. The molecule has 2 aromatic rings. The van der Waals surface area contributed by atoms with Gasteiger partial charge in [-0.2, -0.15) is 0 Å². The molecule has 1 fully saturated rings. The van der Waals surface area contributed by atoms with Gasteiger partial charge in [-0.1, -0.05) is 11.6 Å². The lowest BCUT2D eigenvalue weighted by molar-refractivity contribution is -0.119. The van der Waals surface area contributed by atoms with Crippen molar-refractivity contribution < 1.29 is 9.53 Å². The van der Waals surface area contributed by atoms with Crippen LogP contribution in [0.3, 0.4) is 0 Å². The zero-order valence-electron chi connectivity index (χ0n) is 12.5. The average molecular weight is 374 g/mol. The van der Waals surface area contributed by atoms with E-state index in [1.807, 2.05) is 17.5 Å². The summed E-state index contributed by atoms with van der Waals surface area (Å²) in [6, 6.07) is 5.51. The molecule has 8 heteroatoms. The van der Waals surface area contributed by atoms with Crippen LogP contribution in [0, 0.1) is 5.92 Å². The van der Waals surface area contributed by atoms with E-state index >= 15 is 0 Å². The van der Waals surface area contributed by atoms with Crippen molar-refractivity contribution in [2.45, 2.75) is 6.42 Å². The van der Waals surface area contributed by atoms with Crippen LogP contribution in [0.15, 0.2) is 23.6 Å². The second-order valence-corrected chi connectivity index (χ2v) is 6.33. The Morgan fingerprint density at radius 1 is 1.52 bits per heavy atom. The summed E-state index contributed by atoms with van der Waals surface area (Å²) < 4.78 is 5.14. The molecule has 5 nitrogen and oxygen atoms in total. The van der Waals surface area contributed by atoms with E-state index in [0.29, 0.717) is 15.9 Å². The number of aromatic nitrogens is 1. The van der Waals surface area contributed by atoms with Crippen molar-refractivity contribution in [2.75, 3.05) is 25.5 Å². The number of nitrogens with one attached hydrogen (secondary N) is 2. The first kappa shape index (κ1) is 18.0. The van der Waals surface area contributed by atoms with Crippen LogP contribution in [0.2, 0.25) is 5.02 Å². The van der Waals surface area contributed by atoms with Gasteiger partial charge in [0.1, 0.15) is 5.75 Å². The van der Waals surface area contributed by atoms with Gasteiger partial charge in [-0.15, -0.1) is 23.7 Å². The number of benzene rings is 1. The molecular formula is C15H17Cl2N3O2S. The molecule has 1 atom stereocenters. The molecule has 3 rings (SSSR count). The van der Waals surface area contributed by atoms with Gasteiger partial charge in [0.05, 0.1) is 23.7 Å². The molecule has 0 bridgehead atoms. The second kappa shape index (κ2) is 7.97. The van der Waals surface area contributed by atoms with Crippen LogP contribution >= 0.6 is 35.3 Å². The summed E-state index contributed by atoms with van der Waals surface area (Å²) in [6.45, 7) is 1.63. The molecule has 2 N–H and O–H groups in total. The monoisotopic (exact) mass is 373 g/mol. The Balaban J connectivity index is 0.00000192. The largest absolute Gasteiger partial charge is 0.495 e. The fourth-order valence-electron chi connectivity index (χ4n) is 2.38. The molecule has 1 aliphatic rings. The molecule has 1 aromatic carbocycles. The van der Waals surface area contributed by atoms with E-state index in [4.69, 9.17) is 16.3 Å². The SMILES string of the molecule is COc1ccc(-c2csc(NC(=O)C3CCNC3)n2)cc1Cl.Cl. The lowest BCUT2D eigenvalue weighted by atomic mass is 10.1. The van der Waals surface area contributed by atoms with Gasteiger partial charge in [0.2, 0.25) is 5.91 Å². The molecule has 1 aliphatic heterocycles. The standard InChI is InChI=1S/C15H16ClN3O2S.ClH/c1-21-13-3-2-9(6-11(13)16)12-8-22-15(18-12)19-14(20)10-4-5-17-7-10;/h2-3,6,8,10,17H,4-5,7H2,1H3,(H,18,19,20);1H. The van der Waals surface area contributed by atoms with Crippen molar-refractivity contribution in [1.82, 2.24) is 10.3 Å². The number of methoxy groups -OCH3 is 1. The van der Waals surface area contributed by atoms with Crippen LogP contribution in [-0.4, -0.2) is 31.1 Å². The molecule has 1 saturated heterocycles. The highest BCUT2D eigenvalue weighted by atomic mass is 35.5. The molecule has 0 spiro atoms. The molecule has 0 radical (unpaired) electrons. The maximum Gasteiger partial charge on any atom is 0.230 e. The average Bonchev–Trinajstić information content (AvgIpc) is 3.18. The van der Waals surface area contributed by atoms with Gasteiger partial charge in [-0.05, 0) is 31.2 Å². The number of nitrogens with zero attached hydrogens (tertiary/aromatic N) is 1. The summed E-state index contributed by atoms with van der Waals surface area (Å²) in [5, 5.41) is 9.12. The second-order valence-electron chi connectivity index (χ2n) is 5.07. The highest BCUT2D eigenvalue weighted by molar-refractivity contribution is 7.14. The maximum atomic E-state index is 12.1. The lowest BCUT2D eigenvalue weighted by Crippen LogP contribution is -2.24. The van der Waals surface area contributed by atoms with Crippen molar-refractivity contribution >= 4 is 46.4 Å². The minimum Gasteiger partial charge on any atom is -0.495 e.